The third-order valence-electron chi connectivity index (χ3n) is 3.81. The van der Waals surface area contributed by atoms with E-state index in [1.165, 1.54) is 0 Å². The highest BCUT2D eigenvalue weighted by Gasteiger charge is 2.16. The highest BCUT2D eigenvalue weighted by Crippen LogP contribution is 2.29. The summed E-state index contributed by atoms with van der Waals surface area (Å²) in [5.74, 6) is 1.35. The number of hydrogen-bond donors (Lipinski definition) is 1. The second kappa shape index (κ2) is 7.80. The molecule has 0 atom stereocenters. The van der Waals surface area contributed by atoms with Crippen molar-refractivity contribution in [3.8, 4) is 11.5 Å². The molecule has 1 amide bonds. The van der Waals surface area contributed by atoms with Crippen molar-refractivity contribution in [2.24, 2.45) is 0 Å². The first-order chi connectivity index (χ1) is 12.2. The summed E-state index contributed by atoms with van der Waals surface area (Å²) in [5, 5.41) is 2.81. The largest absolute Gasteiger partial charge is 0.493 e. The third-order valence-corrected chi connectivity index (χ3v) is 3.81. The molecule has 0 radical (unpaired) electrons. The molecule has 1 fully saturated rings. The molecule has 8 heteroatoms. The van der Waals surface area contributed by atoms with E-state index in [4.69, 9.17) is 14.2 Å². The van der Waals surface area contributed by atoms with Gasteiger partial charge < -0.3 is 24.4 Å². The fourth-order valence-electron chi connectivity index (χ4n) is 2.50. The van der Waals surface area contributed by atoms with Gasteiger partial charge in [0, 0.05) is 31.0 Å². The number of benzene rings is 1. The molecular weight excluding hydrogens is 324 g/mol. The molecule has 0 unspecified atom stereocenters. The molecule has 3 rings (SSSR count). The fourth-order valence-corrected chi connectivity index (χ4v) is 2.50. The molecule has 1 aromatic carbocycles. The normalized spacial score (nSPS) is 14.1. The molecule has 1 aromatic heterocycles. The lowest BCUT2D eigenvalue weighted by molar-refractivity contribution is 0.102. The number of rotatable bonds is 5. The van der Waals surface area contributed by atoms with Gasteiger partial charge in [-0.25, -0.2) is 9.97 Å². The van der Waals surface area contributed by atoms with E-state index in [1.807, 2.05) is 4.90 Å². The van der Waals surface area contributed by atoms with Crippen LogP contribution in [0.5, 0.6) is 11.5 Å². The maximum Gasteiger partial charge on any atom is 0.274 e. The summed E-state index contributed by atoms with van der Waals surface area (Å²) in [7, 11) is 3.10. The molecule has 1 N–H and O–H groups in total. The Kier molecular flexibility index (Phi) is 5.30. The average molecular weight is 344 g/mol. The van der Waals surface area contributed by atoms with Gasteiger partial charge in [0.05, 0.1) is 27.4 Å². The number of hydrogen-bond acceptors (Lipinski definition) is 7. The molecular formula is C17H20N4O4. The monoisotopic (exact) mass is 344 g/mol. The van der Waals surface area contributed by atoms with Crippen molar-refractivity contribution in [3.63, 3.8) is 0 Å². The minimum absolute atomic E-state index is 0.297. The van der Waals surface area contributed by atoms with E-state index in [0.717, 1.165) is 0 Å². The zero-order valence-electron chi connectivity index (χ0n) is 14.2. The van der Waals surface area contributed by atoms with Crippen LogP contribution in [-0.2, 0) is 4.74 Å². The van der Waals surface area contributed by atoms with Gasteiger partial charge >= 0.3 is 0 Å². The average Bonchev–Trinajstić information content (AvgIpc) is 2.68. The van der Waals surface area contributed by atoms with Crippen LogP contribution >= 0.6 is 0 Å². The van der Waals surface area contributed by atoms with E-state index < -0.39 is 0 Å². The van der Waals surface area contributed by atoms with E-state index in [2.05, 4.69) is 15.3 Å². The van der Waals surface area contributed by atoms with Gasteiger partial charge in [0.15, 0.2) is 11.5 Å². The molecule has 0 saturated carbocycles. The lowest BCUT2D eigenvalue weighted by Crippen LogP contribution is -2.37. The Bertz CT molecular complexity index is 747. The number of carbonyl (C=O) groups excluding carboxylic acids is 1. The van der Waals surface area contributed by atoms with Crippen LogP contribution in [0.2, 0.25) is 0 Å². The van der Waals surface area contributed by atoms with E-state index in [1.54, 1.807) is 44.7 Å². The number of aromatic nitrogens is 2. The number of morpholine rings is 1. The van der Waals surface area contributed by atoms with Gasteiger partial charge in [-0.05, 0) is 18.2 Å². The number of carbonyl (C=O) groups is 1. The molecule has 1 aliphatic heterocycles. The number of nitrogens with zero attached hydrogens (tertiary/aromatic N) is 3. The lowest BCUT2D eigenvalue weighted by Gasteiger charge is -2.26. The van der Waals surface area contributed by atoms with Crippen LogP contribution < -0.4 is 19.7 Å². The van der Waals surface area contributed by atoms with Crippen LogP contribution in [0.1, 0.15) is 10.5 Å². The van der Waals surface area contributed by atoms with Crippen molar-refractivity contribution < 1.29 is 19.0 Å². The van der Waals surface area contributed by atoms with Gasteiger partial charge in [-0.1, -0.05) is 0 Å². The van der Waals surface area contributed by atoms with Gasteiger partial charge in [0.25, 0.3) is 5.91 Å². The van der Waals surface area contributed by atoms with Crippen LogP contribution in [0.15, 0.2) is 30.5 Å². The Morgan fingerprint density at radius 1 is 1.16 bits per heavy atom. The fraction of sp³-hybridized carbons (Fsp3) is 0.353. The number of amides is 1. The predicted molar refractivity (Wildman–Crippen MR) is 92.6 cm³/mol. The minimum Gasteiger partial charge on any atom is -0.493 e. The summed E-state index contributed by atoms with van der Waals surface area (Å²) in [6.07, 6.45) is 1.58. The minimum atomic E-state index is -0.316. The predicted octanol–water partition coefficient (Wildman–Crippen LogP) is 1.58. The van der Waals surface area contributed by atoms with E-state index in [0.29, 0.717) is 55.1 Å². The van der Waals surface area contributed by atoms with E-state index in [-0.39, 0.29) is 5.91 Å². The first kappa shape index (κ1) is 17.0. The summed E-state index contributed by atoms with van der Waals surface area (Å²) >= 11 is 0. The highest BCUT2D eigenvalue weighted by atomic mass is 16.5. The van der Waals surface area contributed by atoms with Crippen molar-refractivity contribution in [2.45, 2.75) is 0 Å². The maximum absolute atomic E-state index is 12.5. The van der Waals surface area contributed by atoms with Crippen LogP contribution in [0.25, 0.3) is 0 Å². The second-order valence-electron chi connectivity index (χ2n) is 5.37. The Morgan fingerprint density at radius 3 is 2.64 bits per heavy atom. The topological polar surface area (TPSA) is 85.8 Å². The molecule has 132 valence electrons. The summed E-state index contributed by atoms with van der Waals surface area (Å²) in [5.41, 5.74) is 0.889. The molecule has 2 heterocycles. The smallest absolute Gasteiger partial charge is 0.274 e. The van der Waals surface area contributed by atoms with E-state index >= 15 is 0 Å². The first-order valence-corrected chi connectivity index (χ1v) is 7.90. The molecule has 2 aromatic rings. The van der Waals surface area contributed by atoms with Gasteiger partial charge in [-0.2, -0.15) is 0 Å². The zero-order chi connectivity index (χ0) is 17.6. The summed E-state index contributed by atoms with van der Waals surface area (Å²) in [4.78, 5) is 23.1. The zero-order valence-corrected chi connectivity index (χ0v) is 14.2. The summed E-state index contributed by atoms with van der Waals surface area (Å²) in [6, 6.07) is 6.75. The van der Waals surface area contributed by atoms with Gasteiger partial charge in [-0.15, -0.1) is 0 Å². The molecule has 1 saturated heterocycles. The number of nitrogens with one attached hydrogen (secondary N) is 1. The van der Waals surface area contributed by atoms with Crippen molar-refractivity contribution >= 4 is 17.5 Å². The number of methoxy groups -OCH3 is 2. The maximum atomic E-state index is 12.5. The van der Waals surface area contributed by atoms with E-state index in [9.17, 15) is 4.79 Å². The first-order valence-electron chi connectivity index (χ1n) is 7.90. The number of ether oxygens (including phenoxy) is 3. The quantitative estimate of drug-likeness (QED) is 0.881. The SMILES string of the molecule is COc1ccc(NC(=O)c2ccnc(N3CCOCC3)n2)cc1OC. The van der Waals surface area contributed by atoms with Crippen LogP contribution in [0.4, 0.5) is 11.6 Å². The van der Waals surface area contributed by atoms with Crippen molar-refractivity contribution in [1.29, 1.82) is 0 Å². The molecule has 0 aliphatic carbocycles. The highest BCUT2D eigenvalue weighted by molar-refractivity contribution is 6.03. The molecule has 1 aliphatic rings. The standard InChI is InChI=1S/C17H20N4O4/c1-23-14-4-3-12(11-15(14)24-2)19-16(22)13-5-6-18-17(20-13)21-7-9-25-10-8-21/h3-6,11H,7-10H2,1-2H3,(H,19,22). The van der Waals surface area contributed by atoms with Crippen LogP contribution in [0, 0.1) is 0 Å². The molecule has 8 nitrogen and oxygen atoms in total. The lowest BCUT2D eigenvalue weighted by atomic mass is 10.2. The molecule has 0 spiro atoms. The summed E-state index contributed by atoms with van der Waals surface area (Å²) < 4.78 is 15.8. The Hall–Kier alpha value is -2.87. The summed E-state index contributed by atoms with van der Waals surface area (Å²) in [6.45, 7) is 2.68. The van der Waals surface area contributed by atoms with Crippen molar-refractivity contribution in [1.82, 2.24) is 9.97 Å². The molecule has 0 bridgehead atoms. The van der Waals surface area contributed by atoms with Crippen molar-refractivity contribution in [2.75, 3.05) is 50.7 Å². The number of anilines is 2. The molecule has 25 heavy (non-hydrogen) atoms. The third kappa shape index (κ3) is 3.97. The second-order valence-corrected chi connectivity index (χ2v) is 5.37. The Morgan fingerprint density at radius 2 is 1.92 bits per heavy atom. The Labute approximate surface area is 145 Å². The van der Waals surface area contributed by atoms with Crippen molar-refractivity contribution in [3.05, 3.63) is 36.2 Å². The van der Waals surface area contributed by atoms with Crippen LogP contribution in [-0.4, -0.2) is 56.4 Å². The van der Waals surface area contributed by atoms with Gasteiger partial charge in [0.2, 0.25) is 5.95 Å². The Balaban J connectivity index is 1.75. The van der Waals surface area contributed by atoms with Crippen LogP contribution in [0.3, 0.4) is 0 Å². The van der Waals surface area contributed by atoms with Gasteiger partial charge in [-0.3, -0.25) is 4.79 Å². The van der Waals surface area contributed by atoms with Gasteiger partial charge in [0.1, 0.15) is 5.69 Å².